The highest BCUT2D eigenvalue weighted by atomic mass is 35.5. The Balaban J connectivity index is 1.38. The summed E-state index contributed by atoms with van der Waals surface area (Å²) in [6.07, 6.45) is 3.13. The number of carbonyl (C=O) groups is 2. The number of nitrogen functional groups attached to an aromatic ring is 1. The number of carbonyl (C=O) groups excluding carboxylic acids is 2. The number of aromatic nitrogens is 4. The van der Waals surface area contributed by atoms with Crippen molar-refractivity contribution in [3.8, 4) is 5.75 Å². The van der Waals surface area contributed by atoms with Crippen LogP contribution in [0.5, 0.6) is 5.75 Å². The molecule has 13 heteroatoms. The lowest BCUT2D eigenvalue weighted by molar-refractivity contribution is -0.676. The van der Waals surface area contributed by atoms with E-state index in [0.29, 0.717) is 18.8 Å². The molecule has 222 valence electrons. The number of likely N-dealkylation sites (tertiary alicyclic amines) is 1. The summed E-state index contributed by atoms with van der Waals surface area (Å²) < 4.78 is 15.6. The van der Waals surface area contributed by atoms with Crippen LogP contribution >= 0.6 is 11.6 Å². The molecule has 1 aliphatic heterocycles. The fourth-order valence-corrected chi connectivity index (χ4v) is 5.34. The van der Waals surface area contributed by atoms with Crippen molar-refractivity contribution in [1.82, 2.24) is 30.1 Å². The molecule has 3 aromatic rings. The maximum atomic E-state index is 12.8. The highest BCUT2D eigenvalue weighted by Gasteiger charge is 2.26. The third-order valence-corrected chi connectivity index (χ3v) is 7.44. The predicted octanol–water partition coefficient (Wildman–Crippen LogP) is 1.92. The van der Waals surface area contributed by atoms with Gasteiger partial charge in [0.1, 0.15) is 17.4 Å². The van der Waals surface area contributed by atoms with Gasteiger partial charge in [-0.2, -0.15) is 0 Å². The Kier molecular flexibility index (Phi) is 10.7. The first-order chi connectivity index (χ1) is 19.8. The number of ether oxygens (including phenoxy) is 2. The summed E-state index contributed by atoms with van der Waals surface area (Å²) in [6, 6.07) is 5.93. The van der Waals surface area contributed by atoms with E-state index < -0.39 is 5.91 Å². The first-order valence-corrected chi connectivity index (χ1v) is 14.6. The van der Waals surface area contributed by atoms with E-state index in [-0.39, 0.29) is 41.8 Å². The topological polar surface area (TPSA) is 141 Å². The SMILES string of the molecule is CCOCCN1CCC(NC(=O)COc2ccc3c(c2)n(CC)c(CNC(=O)c2nc(Cl)cnc2N)[n+]3CC)CC1. The number of anilines is 1. The zero-order valence-electron chi connectivity index (χ0n) is 24.0. The Labute approximate surface area is 245 Å². The number of benzene rings is 1. The number of hydrogen-bond acceptors (Lipinski definition) is 8. The first kappa shape index (κ1) is 30.5. The van der Waals surface area contributed by atoms with E-state index >= 15 is 0 Å². The van der Waals surface area contributed by atoms with Crippen LogP contribution in [0.1, 0.15) is 49.9 Å². The van der Waals surface area contributed by atoms with Gasteiger partial charge in [-0.1, -0.05) is 11.6 Å². The Morgan fingerprint density at radius 3 is 2.71 bits per heavy atom. The Hall–Kier alpha value is -3.48. The maximum absolute atomic E-state index is 12.8. The molecule has 0 aliphatic carbocycles. The molecule has 3 heterocycles. The van der Waals surface area contributed by atoms with E-state index in [1.807, 2.05) is 39.0 Å². The van der Waals surface area contributed by atoms with Gasteiger partial charge in [-0.15, -0.1) is 0 Å². The second-order valence-electron chi connectivity index (χ2n) is 9.83. The largest absolute Gasteiger partial charge is 0.484 e. The average Bonchev–Trinajstić information content (AvgIpc) is 3.28. The molecule has 4 N–H and O–H groups in total. The van der Waals surface area contributed by atoms with Gasteiger partial charge in [-0.3, -0.25) is 9.59 Å². The molecule has 0 saturated carbocycles. The summed E-state index contributed by atoms with van der Waals surface area (Å²) in [5.74, 6) is 0.930. The highest BCUT2D eigenvalue weighted by molar-refractivity contribution is 6.29. The monoisotopic (exact) mass is 587 g/mol. The number of imidazole rings is 1. The van der Waals surface area contributed by atoms with Crippen molar-refractivity contribution in [2.75, 3.05) is 45.2 Å². The minimum Gasteiger partial charge on any atom is -0.484 e. The number of rotatable bonds is 13. The van der Waals surface area contributed by atoms with Crippen LogP contribution in [0.3, 0.4) is 0 Å². The number of piperidine rings is 1. The Morgan fingerprint density at radius 1 is 1.22 bits per heavy atom. The van der Waals surface area contributed by atoms with Gasteiger partial charge in [-0.05, 0) is 45.7 Å². The van der Waals surface area contributed by atoms with Crippen LogP contribution in [0, 0.1) is 0 Å². The predicted molar refractivity (Wildman–Crippen MR) is 156 cm³/mol. The summed E-state index contributed by atoms with van der Waals surface area (Å²) in [4.78, 5) is 35.7. The molecule has 1 aliphatic rings. The maximum Gasteiger partial charge on any atom is 0.277 e. The summed E-state index contributed by atoms with van der Waals surface area (Å²) in [5.41, 5.74) is 7.75. The third-order valence-electron chi connectivity index (χ3n) is 7.26. The minimum absolute atomic E-state index is 0.0132. The molecule has 0 atom stereocenters. The number of halogens is 1. The molecule has 0 radical (unpaired) electrons. The third kappa shape index (κ3) is 7.63. The van der Waals surface area contributed by atoms with Crippen molar-refractivity contribution < 1.29 is 23.6 Å². The number of amides is 2. The van der Waals surface area contributed by atoms with Crippen LogP contribution < -0.4 is 25.7 Å². The first-order valence-electron chi connectivity index (χ1n) is 14.2. The van der Waals surface area contributed by atoms with Crippen LogP contribution in [-0.4, -0.2) is 76.7 Å². The summed E-state index contributed by atoms with van der Waals surface area (Å²) in [5, 5.41) is 6.09. The van der Waals surface area contributed by atoms with Crippen LogP contribution in [-0.2, 0) is 29.2 Å². The fourth-order valence-electron chi connectivity index (χ4n) is 5.20. The van der Waals surface area contributed by atoms with E-state index in [1.54, 1.807) is 0 Å². The minimum atomic E-state index is -0.459. The summed E-state index contributed by atoms with van der Waals surface area (Å²) in [7, 11) is 0. The van der Waals surface area contributed by atoms with E-state index in [9.17, 15) is 9.59 Å². The van der Waals surface area contributed by atoms with Crippen molar-refractivity contribution in [2.45, 2.75) is 59.3 Å². The number of hydrogen-bond donors (Lipinski definition) is 3. The van der Waals surface area contributed by atoms with Gasteiger partial charge in [0, 0.05) is 38.3 Å². The lowest BCUT2D eigenvalue weighted by Crippen LogP contribution is -2.46. The van der Waals surface area contributed by atoms with E-state index in [0.717, 1.165) is 62.5 Å². The van der Waals surface area contributed by atoms with Gasteiger partial charge in [0.2, 0.25) is 0 Å². The lowest BCUT2D eigenvalue weighted by atomic mass is 10.1. The summed E-state index contributed by atoms with van der Waals surface area (Å²) >= 11 is 5.90. The number of fused-ring (bicyclic) bond motifs is 1. The van der Waals surface area contributed by atoms with Gasteiger partial charge in [0.05, 0.1) is 25.9 Å². The van der Waals surface area contributed by atoms with Crippen molar-refractivity contribution >= 4 is 40.3 Å². The standard InChI is InChI=1S/C28H39ClN8O4/c1-4-36-21-8-7-20(41-18-24(38)33-19-9-11-35(12-10-19)13-14-40-6-3)15-22(21)37(5-2)25(36)17-32-28(39)26-27(30)31-16-23(29)34-26/h7-8,15-16,19H,4-6,9-14,17-18H2,1-3H3,(H3-,30,31,32,33,38,39)/p+1. The molecule has 1 fully saturated rings. The molecule has 0 unspecified atom stereocenters. The van der Waals surface area contributed by atoms with Crippen molar-refractivity contribution in [2.24, 2.45) is 0 Å². The molecular weight excluding hydrogens is 548 g/mol. The van der Waals surface area contributed by atoms with Crippen LogP contribution in [0.15, 0.2) is 24.4 Å². The van der Waals surface area contributed by atoms with Crippen molar-refractivity contribution in [3.63, 3.8) is 0 Å². The zero-order chi connectivity index (χ0) is 29.4. The number of nitrogens with zero attached hydrogens (tertiary/aromatic N) is 5. The normalized spacial score (nSPS) is 14.3. The smallest absolute Gasteiger partial charge is 0.277 e. The van der Waals surface area contributed by atoms with Gasteiger partial charge < -0.3 is 30.7 Å². The van der Waals surface area contributed by atoms with Crippen LogP contribution in [0.25, 0.3) is 11.0 Å². The second kappa shape index (κ2) is 14.4. The quantitative estimate of drug-likeness (QED) is 0.203. The Bertz CT molecular complexity index is 1360. The zero-order valence-corrected chi connectivity index (χ0v) is 24.7. The number of nitrogens with two attached hydrogens (primary N) is 1. The fraction of sp³-hybridized carbons (Fsp3) is 0.536. The molecular formula is C28H40ClN8O4+. The van der Waals surface area contributed by atoms with Crippen LogP contribution in [0.2, 0.25) is 5.15 Å². The van der Waals surface area contributed by atoms with Gasteiger partial charge in [0.25, 0.3) is 17.6 Å². The molecule has 2 amide bonds. The molecule has 41 heavy (non-hydrogen) atoms. The molecule has 0 bridgehead atoms. The molecule has 4 rings (SSSR count). The molecule has 1 saturated heterocycles. The van der Waals surface area contributed by atoms with Gasteiger partial charge >= 0.3 is 0 Å². The summed E-state index contributed by atoms with van der Waals surface area (Å²) in [6.45, 7) is 11.9. The second-order valence-corrected chi connectivity index (χ2v) is 10.2. The number of aryl methyl sites for hydroxylation is 2. The Morgan fingerprint density at radius 2 is 2.00 bits per heavy atom. The molecule has 1 aromatic carbocycles. The van der Waals surface area contributed by atoms with E-state index in [2.05, 4.69) is 34.6 Å². The van der Waals surface area contributed by atoms with Crippen molar-refractivity contribution in [1.29, 1.82) is 0 Å². The highest BCUT2D eigenvalue weighted by Crippen LogP contribution is 2.22. The number of nitrogens with one attached hydrogen (secondary N) is 2. The van der Waals surface area contributed by atoms with Gasteiger partial charge in [0.15, 0.2) is 29.2 Å². The van der Waals surface area contributed by atoms with E-state index in [4.69, 9.17) is 26.8 Å². The lowest BCUT2D eigenvalue weighted by Gasteiger charge is -2.32. The average molecular weight is 588 g/mol. The van der Waals surface area contributed by atoms with Crippen molar-refractivity contribution in [3.05, 3.63) is 41.1 Å². The molecule has 2 aromatic heterocycles. The van der Waals surface area contributed by atoms with E-state index in [1.165, 1.54) is 6.20 Å². The van der Waals surface area contributed by atoms with Gasteiger partial charge in [-0.25, -0.2) is 19.1 Å². The van der Waals surface area contributed by atoms with Crippen LogP contribution in [0.4, 0.5) is 5.82 Å². The molecule has 12 nitrogen and oxygen atoms in total. The molecule has 0 spiro atoms.